The third-order valence-electron chi connectivity index (χ3n) is 1.42. The van der Waals surface area contributed by atoms with Gasteiger partial charge in [-0.15, -0.1) is 0 Å². The number of hydrogen-bond donors (Lipinski definition) is 2. The Hall–Kier alpha value is -1.16. The summed E-state index contributed by atoms with van der Waals surface area (Å²) in [5.74, 6) is 0. The van der Waals surface area contributed by atoms with Crippen molar-refractivity contribution in [2.75, 3.05) is 5.73 Å². The van der Waals surface area contributed by atoms with Crippen LogP contribution >= 0.6 is 15.9 Å². The Balaban J connectivity index is 3.18. The molecule has 0 aliphatic carbocycles. The van der Waals surface area contributed by atoms with E-state index in [9.17, 15) is 4.79 Å². The van der Waals surface area contributed by atoms with Crippen molar-refractivity contribution in [3.63, 3.8) is 0 Å². The lowest BCUT2D eigenvalue weighted by molar-refractivity contribution is -0.102. The van der Waals surface area contributed by atoms with Gasteiger partial charge in [-0.25, -0.2) is 0 Å². The number of rotatable bonds is 2. The summed E-state index contributed by atoms with van der Waals surface area (Å²) in [5, 5.41) is 7.23. The van der Waals surface area contributed by atoms with Gasteiger partial charge in [0.05, 0.1) is 0 Å². The molecule has 4 heteroatoms. The Morgan fingerprint density at radius 1 is 1.58 bits per heavy atom. The van der Waals surface area contributed by atoms with Gasteiger partial charge in [-0.2, -0.15) is 0 Å². The van der Waals surface area contributed by atoms with Crippen molar-refractivity contribution >= 4 is 33.6 Å². The maximum Gasteiger partial charge on any atom is 0.168 e. The van der Waals surface area contributed by atoms with E-state index in [1.807, 2.05) is 0 Å². The monoisotopic (exact) mass is 226 g/mol. The fraction of sp³-hybridized carbons (Fsp3) is 0. The molecule has 1 rings (SSSR count). The van der Waals surface area contributed by atoms with Gasteiger partial charge in [-0.05, 0) is 18.2 Å². The molecule has 0 atom stereocenters. The minimum atomic E-state index is -0.0972. The molecule has 0 heterocycles. The number of carbonyl (C=O) groups excluding carboxylic acids is 1. The van der Waals surface area contributed by atoms with Crippen LogP contribution < -0.4 is 5.73 Å². The molecule has 62 valence electrons. The Labute approximate surface area is 78.2 Å². The fourth-order valence-electron chi connectivity index (χ4n) is 0.842. The van der Waals surface area contributed by atoms with Gasteiger partial charge in [0.2, 0.25) is 0 Å². The molecular weight excluding hydrogens is 220 g/mol. The van der Waals surface area contributed by atoms with Crippen LogP contribution in [0.3, 0.4) is 0 Å². The van der Waals surface area contributed by atoms with Crippen molar-refractivity contribution in [3.8, 4) is 0 Å². The van der Waals surface area contributed by atoms with E-state index in [2.05, 4.69) is 15.9 Å². The van der Waals surface area contributed by atoms with Crippen molar-refractivity contribution in [3.05, 3.63) is 28.2 Å². The Kier molecular flexibility index (Phi) is 2.60. The van der Waals surface area contributed by atoms with Crippen molar-refractivity contribution in [1.29, 1.82) is 5.41 Å². The Morgan fingerprint density at radius 2 is 2.25 bits per heavy atom. The van der Waals surface area contributed by atoms with Crippen molar-refractivity contribution in [1.82, 2.24) is 0 Å². The van der Waals surface area contributed by atoms with Gasteiger partial charge in [0.15, 0.2) is 6.29 Å². The summed E-state index contributed by atoms with van der Waals surface area (Å²) in [6.07, 6.45) is 0.472. The van der Waals surface area contributed by atoms with Crippen LogP contribution in [0.25, 0.3) is 0 Å². The van der Waals surface area contributed by atoms with E-state index in [-0.39, 0.29) is 5.71 Å². The van der Waals surface area contributed by atoms with E-state index in [1.165, 1.54) is 0 Å². The smallest absolute Gasteiger partial charge is 0.168 e. The Morgan fingerprint density at radius 3 is 2.75 bits per heavy atom. The lowest BCUT2D eigenvalue weighted by atomic mass is 10.1. The van der Waals surface area contributed by atoms with Crippen LogP contribution in [-0.4, -0.2) is 12.0 Å². The van der Waals surface area contributed by atoms with Gasteiger partial charge in [-0.1, -0.05) is 15.9 Å². The third kappa shape index (κ3) is 1.71. The summed E-state index contributed by atoms with van der Waals surface area (Å²) in [6, 6.07) is 5.03. The predicted molar refractivity (Wildman–Crippen MR) is 51.4 cm³/mol. The highest BCUT2D eigenvalue weighted by atomic mass is 79.9. The summed E-state index contributed by atoms with van der Waals surface area (Å²) in [4.78, 5) is 10.3. The summed E-state index contributed by atoms with van der Waals surface area (Å²) in [6.45, 7) is 0. The third-order valence-corrected chi connectivity index (χ3v) is 1.91. The van der Waals surface area contributed by atoms with E-state index in [0.29, 0.717) is 17.5 Å². The molecule has 12 heavy (non-hydrogen) atoms. The topological polar surface area (TPSA) is 66.9 Å². The molecule has 0 fully saturated rings. The largest absolute Gasteiger partial charge is 0.398 e. The molecule has 1 aromatic rings. The quantitative estimate of drug-likeness (QED) is 0.457. The highest BCUT2D eigenvalue weighted by Gasteiger charge is 2.03. The van der Waals surface area contributed by atoms with Crippen molar-refractivity contribution < 1.29 is 4.79 Å². The molecule has 3 nitrogen and oxygen atoms in total. The maximum absolute atomic E-state index is 10.3. The summed E-state index contributed by atoms with van der Waals surface area (Å²) >= 11 is 3.23. The summed E-state index contributed by atoms with van der Waals surface area (Å²) < 4.78 is 0.836. The van der Waals surface area contributed by atoms with Gasteiger partial charge in [0.1, 0.15) is 5.71 Å². The number of carbonyl (C=O) groups is 1. The second kappa shape index (κ2) is 3.49. The lowest BCUT2D eigenvalue weighted by Gasteiger charge is -2.01. The standard InChI is InChI=1S/C8H7BrN2O/c9-5-1-2-6(7(10)3-5)8(11)4-12/h1-4,11H,10H2. The van der Waals surface area contributed by atoms with E-state index in [4.69, 9.17) is 11.1 Å². The number of halogens is 1. The zero-order valence-electron chi connectivity index (χ0n) is 6.17. The fourth-order valence-corrected chi connectivity index (χ4v) is 1.22. The van der Waals surface area contributed by atoms with Crippen LogP contribution in [0, 0.1) is 5.41 Å². The van der Waals surface area contributed by atoms with E-state index >= 15 is 0 Å². The molecule has 0 radical (unpaired) electrons. The van der Waals surface area contributed by atoms with Crippen LogP contribution in [0.4, 0.5) is 5.69 Å². The van der Waals surface area contributed by atoms with Crippen LogP contribution in [0.5, 0.6) is 0 Å². The van der Waals surface area contributed by atoms with Gasteiger partial charge >= 0.3 is 0 Å². The average Bonchev–Trinajstić information content (AvgIpc) is 2.03. The first-order chi connectivity index (χ1) is 5.65. The lowest BCUT2D eigenvalue weighted by Crippen LogP contribution is -2.04. The average molecular weight is 227 g/mol. The molecule has 0 aromatic heterocycles. The van der Waals surface area contributed by atoms with Crippen molar-refractivity contribution in [2.45, 2.75) is 0 Å². The van der Waals surface area contributed by atoms with E-state index in [1.54, 1.807) is 18.2 Å². The zero-order valence-corrected chi connectivity index (χ0v) is 7.76. The molecule has 0 saturated heterocycles. The second-order valence-electron chi connectivity index (χ2n) is 2.26. The number of nitrogens with one attached hydrogen (secondary N) is 1. The maximum atomic E-state index is 10.3. The molecule has 0 aliphatic rings. The molecule has 0 aliphatic heterocycles. The number of nitrogen functional groups attached to an aromatic ring is 1. The van der Waals surface area contributed by atoms with Crippen LogP contribution in [-0.2, 0) is 4.79 Å². The number of anilines is 1. The first-order valence-corrected chi connectivity index (χ1v) is 4.03. The zero-order chi connectivity index (χ0) is 9.14. The number of nitrogens with two attached hydrogens (primary N) is 1. The molecule has 0 amide bonds. The van der Waals surface area contributed by atoms with Gasteiger partial charge in [0.25, 0.3) is 0 Å². The number of benzene rings is 1. The number of aldehydes is 1. The van der Waals surface area contributed by atoms with Crippen LogP contribution in [0.2, 0.25) is 0 Å². The molecule has 0 saturated carbocycles. The van der Waals surface area contributed by atoms with Crippen LogP contribution in [0.1, 0.15) is 5.56 Å². The first kappa shape index (κ1) is 8.93. The predicted octanol–water partition coefficient (Wildman–Crippen LogP) is 1.60. The van der Waals surface area contributed by atoms with Gasteiger partial charge < -0.3 is 5.73 Å². The molecule has 0 unspecified atom stereocenters. The molecule has 3 N–H and O–H groups in total. The minimum Gasteiger partial charge on any atom is -0.398 e. The highest BCUT2D eigenvalue weighted by Crippen LogP contribution is 2.18. The number of hydrogen-bond acceptors (Lipinski definition) is 3. The van der Waals surface area contributed by atoms with E-state index < -0.39 is 0 Å². The first-order valence-electron chi connectivity index (χ1n) is 3.24. The molecule has 0 spiro atoms. The summed E-state index contributed by atoms with van der Waals surface area (Å²) in [7, 11) is 0. The second-order valence-corrected chi connectivity index (χ2v) is 3.18. The van der Waals surface area contributed by atoms with Crippen molar-refractivity contribution in [2.24, 2.45) is 0 Å². The molecule has 1 aromatic carbocycles. The highest BCUT2D eigenvalue weighted by molar-refractivity contribution is 9.10. The molecular formula is C8H7BrN2O. The summed E-state index contributed by atoms with van der Waals surface area (Å²) in [5.41, 5.74) is 6.37. The SMILES string of the molecule is N=C(C=O)c1ccc(Br)cc1N. The van der Waals surface area contributed by atoms with Gasteiger partial charge in [-0.3, -0.25) is 10.2 Å². The minimum absolute atomic E-state index is 0.0972. The molecule has 0 bridgehead atoms. The van der Waals surface area contributed by atoms with Gasteiger partial charge in [0, 0.05) is 15.7 Å². The van der Waals surface area contributed by atoms with E-state index in [0.717, 1.165) is 4.47 Å². The Bertz CT molecular complexity index is 336. The van der Waals surface area contributed by atoms with Crippen LogP contribution in [0.15, 0.2) is 22.7 Å². The normalized spacial score (nSPS) is 9.42.